The lowest BCUT2D eigenvalue weighted by molar-refractivity contribution is 0.166. The Morgan fingerprint density at radius 1 is 1.41 bits per heavy atom. The molecule has 0 aliphatic carbocycles. The van der Waals surface area contributed by atoms with Crippen molar-refractivity contribution in [1.29, 1.82) is 0 Å². The second-order valence-corrected chi connectivity index (χ2v) is 6.73. The molecule has 1 aliphatic rings. The molecule has 2 unspecified atom stereocenters. The predicted molar refractivity (Wildman–Crippen MR) is 76.4 cm³/mol. The maximum absolute atomic E-state index is 3.63. The van der Waals surface area contributed by atoms with Crippen LogP contribution >= 0.6 is 0 Å². The number of rotatable bonds is 7. The van der Waals surface area contributed by atoms with Gasteiger partial charge in [0.15, 0.2) is 0 Å². The van der Waals surface area contributed by atoms with E-state index in [-0.39, 0.29) is 0 Å². The van der Waals surface area contributed by atoms with Crippen molar-refractivity contribution >= 4 is 0 Å². The van der Waals surface area contributed by atoms with Crippen molar-refractivity contribution < 1.29 is 0 Å². The molecule has 1 saturated heterocycles. The van der Waals surface area contributed by atoms with Crippen LogP contribution in [-0.2, 0) is 0 Å². The number of hydrogen-bond donors (Lipinski definition) is 1. The Hall–Kier alpha value is -0.0800. The molecule has 102 valence electrons. The third-order valence-electron chi connectivity index (χ3n) is 3.90. The number of nitrogens with one attached hydrogen (secondary N) is 1. The van der Waals surface area contributed by atoms with Crippen LogP contribution in [-0.4, -0.2) is 37.1 Å². The Morgan fingerprint density at radius 2 is 2.12 bits per heavy atom. The summed E-state index contributed by atoms with van der Waals surface area (Å²) in [5, 5.41) is 3.63. The maximum atomic E-state index is 3.63. The van der Waals surface area contributed by atoms with E-state index in [0.29, 0.717) is 11.5 Å². The van der Waals surface area contributed by atoms with Crippen LogP contribution in [0.3, 0.4) is 0 Å². The molecular weight excluding hydrogens is 208 g/mol. The number of likely N-dealkylation sites (tertiary alicyclic amines) is 1. The molecule has 0 amide bonds. The fourth-order valence-corrected chi connectivity index (χ4v) is 2.99. The monoisotopic (exact) mass is 240 g/mol. The summed E-state index contributed by atoms with van der Waals surface area (Å²) in [6, 6.07) is 0.601. The van der Waals surface area contributed by atoms with Crippen molar-refractivity contribution in [3.8, 4) is 0 Å². The third-order valence-corrected chi connectivity index (χ3v) is 3.90. The predicted octanol–water partition coefficient (Wildman–Crippen LogP) is 3.13. The van der Waals surface area contributed by atoms with Gasteiger partial charge in [0.1, 0.15) is 0 Å². The highest BCUT2D eigenvalue weighted by molar-refractivity contribution is 4.84. The first-order valence-corrected chi connectivity index (χ1v) is 7.41. The van der Waals surface area contributed by atoms with Crippen LogP contribution in [0.1, 0.15) is 53.9 Å². The van der Waals surface area contributed by atoms with Crippen molar-refractivity contribution in [3.05, 3.63) is 0 Å². The topological polar surface area (TPSA) is 15.3 Å². The van der Waals surface area contributed by atoms with Crippen molar-refractivity contribution in [2.75, 3.05) is 26.2 Å². The zero-order chi connectivity index (χ0) is 12.9. The minimum Gasteiger partial charge on any atom is -0.314 e. The van der Waals surface area contributed by atoms with Gasteiger partial charge in [-0.25, -0.2) is 0 Å². The smallest absolute Gasteiger partial charge is 0.00476 e. The zero-order valence-corrected chi connectivity index (χ0v) is 12.6. The first-order chi connectivity index (χ1) is 7.95. The van der Waals surface area contributed by atoms with Gasteiger partial charge in [-0.15, -0.1) is 0 Å². The fraction of sp³-hybridized carbons (Fsp3) is 1.00. The number of nitrogens with zero attached hydrogens (tertiary/aromatic N) is 1. The van der Waals surface area contributed by atoms with Crippen LogP contribution in [0, 0.1) is 11.3 Å². The van der Waals surface area contributed by atoms with E-state index in [1.54, 1.807) is 0 Å². The molecule has 0 aromatic rings. The summed E-state index contributed by atoms with van der Waals surface area (Å²) < 4.78 is 0. The quantitative estimate of drug-likeness (QED) is 0.735. The highest BCUT2D eigenvalue weighted by Crippen LogP contribution is 2.27. The van der Waals surface area contributed by atoms with Crippen LogP contribution in [0.15, 0.2) is 0 Å². The third kappa shape index (κ3) is 5.39. The van der Waals surface area contributed by atoms with Gasteiger partial charge in [0.25, 0.3) is 0 Å². The molecule has 0 aromatic heterocycles. The van der Waals surface area contributed by atoms with Crippen molar-refractivity contribution in [1.82, 2.24) is 10.2 Å². The Morgan fingerprint density at radius 3 is 2.59 bits per heavy atom. The molecule has 0 saturated carbocycles. The van der Waals surface area contributed by atoms with E-state index in [4.69, 9.17) is 0 Å². The highest BCUT2D eigenvalue weighted by Gasteiger charge is 2.29. The molecule has 1 fully saturated rings. The van der Waals surface area contributed by atoms with Crippen LogP contribution < -0.4 is 5.32 Å². The molecule has 0 bridgehead atoms. The first kappa shape index (κ1) is 15.0. The Bertz CT molecular complexity index is 215. The minimum absolute atomic E-state index is 0.447. The van der Waals surface area contributed by atoms with E-state index in [0.717, 1.165) is 12.5 Å². The van der Waals surface area contributed by atoms with Gasteiger partial charge in [-0.05, 0) is 30.7 Å². The Kier molecular flexibility index (Phi) is 5.94. The number of hydrogen-bond acceptors (Lipinski definition) is 2. The summed E-state index contributed by atoms with van der Waals surface area (Å²) in [5.41, 5.74) is 0.447. The summed E-state index contributed by atoms with van der Waals surface area (Å²) in [4.78, 5) is 2.67. The fourth-order valence-electron chi connectivity index (χ4n) is 2.99. The largest absolute Gasteiger partial charge is 0.314 e. The molecule has 2 heteroatoms. The Labute approximate surface area is 108 Å². The lowest BCUT2D eigenvalue weighted by Crippen LogP contribution is -2.43. The molecule has 1 aliphatic heterocycles. The van der Waals surface area contributed by atoms with E-state index in [1.807, 2.05) is 0 Å². The molecule has 0 radical (unpaired) electrons. The lowest BCUT2D eigenvalue weighted by Gasteiger charge is -2.35. The highest BCUT2D eigenvalue weighted by atomic mass is 15.2. The van der Waals surface area contributed by atoms with Crippen molar-refractivity contribution in [3.63, 3.8) is 0 Å². The average molecular weight is 240 g/mol. The van der Waals surface area contributed by atoms with E-state index in [9.17, 15) is 0 Å². The normalized spacial score (nSPS) is 25.4. The van der Waals surface area contributed by atoms with Gasteiger partial charge in [0, 0.05) is 25.7 Å². The van der Waals surface area contributed by atoms with Gasteiger partial charge < -0.3 is 10.2 Å². The summed E-state index contributed by atoms with van der Waals surface area (Å²) in [7, 11) is 0. The zero-order valence-electron chi connectivity index (χ0n) is 12.6. The molecule has 0 aromatic carbocycles. The van der Waals surface area contributed by atoms with Gasteiger partial charge in [0.05, 0.1) is 0 Å². The standard InChI is InChI=1S/C15H32N2/c1-6-8-15(5,11-16-13(2)3)12-17-9-7-14(4)10-17/h13-14,16H,6-12H2,1-5H3. The van der Waals surface area contributed by atoms with Gasteiger partial charge in [-0.3, -0.25) is 0 Å². The van der Waals surface area contributed by atoms with Gasteiger partial charge in [-0.2, -0.15) is 0 Å². The summed E-state index contributed by atoms with van der Waals surface area (Å²) in [5.74, 6) is 0.902. The summed E-state index contributed by atoms with van der Waals surface area (Å²) in [6.45, 7) is 16.7. The van der Waals surface area contributed by atoms with Crippen molar-refractivity contribution in [2.24, 2.45) is 11.3 Å². The molecule has 1 rings (SSSR count). The lowest BCUT2D eigenvalue weighted by atomic mass is 9.84. The average Bonchev–Trinajstić information content (AvgIpc) is 2.61. The van der Waals surface area contributed by atoms with Crippen LogP contribution in [0.5, 0.6) is 0 Å². The molecule has 2 nitrogen and oxygen atoms in total. The Balaban J connectivity index is 2.45. The van der Waals surface area contributed by atoms with E-state index in [1.165, 1.54) is 38.9 Å². The van der Waals surface area contributed by atoms with Crippen LogP contribution in [0.25, 0.3) is 0 Å². The molecule has 17 heavy (non-hydrogen) atoms. The maximum Gasteiger partial charge on any atom is 0.00476 e. The summed E-state index contributed by atoms with van der Waals surface area (Å²) >= 11 is 0. The molecule has 0 spiro atoms. The van der Waals surface area contributed by atoms with Gasteiger partial charge >= 0.3 is 0 Å². The molecular formula is C15H32N2. The molecule has 1 N–H and O–H groups in total. The SMILES string of the molecule is CCCC(C)(CNC(C)C)CN1CCC(C)C1. The van der Waals surface area contributed by atoms with E-state index < -0.39 is 0 Å². The second-order valence-electron chi connectivity index (χ2n) is 6.73. The second kappa shape index (κ2) is 6.75. The van der Waals surface area contributed by atoms with E-state index >= 15 is 0 Å². The van der Waals surface area contributed by atoms with Crippen LogP contribution in [0.4, 0.5) is 0 Å². The van der Waals surface area contributed by atoms with Crippen molar-refractivity contribution in [2.45, 2.75) is 59.9 Å². The molecule has 2 atom stereocenters. The van der Waals surface area contributed by atoms with E-state index in [2.05, 4.69) is 44.8 Å². The van der Waals surface area contributed by atoms with Gasteiger partial charge in [0.2, 0.25) is 0 Å². The van der Waals surface area contributed by atoms with Gasteiger partial charge in [-0.1, -0.05) is 41.0 Å². The minimum atomic E-state index is 0.447. The first-order valence-electron chi connectivity index (χ1n) is 7.41. The molecule has 1 heterocycles. The summed E-state index contributed by atoms with van der Waals surface area (Å²) in [6.07, 6.45) is 4.01. The van der Waals surface area contributed by atoms with Crippen LogP contribution in [0.2, 0.25) is 0 Å².